The van der Waals surface area contributed by atoms with Crippen LogP contribution in [-0.2, 0) is 14.8 Å². The number of sulfonamides is 1. The molecule has 0 radical (unpaired) electrons. The molecule has 0 unspecified atom stereocenters. The predicted octanol–water partition coefficient (Wildman–Crippen LogP) is 2.91. The van der Waals surface area contributed by atoms with Gasteiger partial charge >= 0.3 is 0 Å². The Kier molecular flexibility index (Phi) is 9.83. The molecule has 0 aromatic heterocycles. The third-order valence-corrected chi connectivity index (χ3v) is 5.93. The van der Waals surface area contributed by atoms with Gasteiger partial charge in [-0.3, -0.25) is 9.52 Å². The number of ether oxygens (including phenoxy) is 6. The van der Waals surface area contributed by atoms with Gasteiger partial charge in [0.15, 0.2) is 5.78 Å². The van der Waals surface area contributed by atoms with Crippen molar-refractivity contribution in [2.45, 2.75) is 0 Å². The highest BCUT2D eigenvalue weighted by molar-refractivity contribution is 7.90. The van der Waals surface area contributed by atoms with E-state index in [1.54, 1.807) is 24.3 Å². The number of allylic oxidation sites excluding steroid dienone is 1. The van der Waals surface area contributed by atoms with Crippen LogP contribution in [0.25, 0.3) is 12.2 Å². The highest BCUT2D eigenvalue weighted by Crippen LogP contribution is 2.36. The van der Waals surface area contributed by atoms with E-state index in [1.165, 1.54) is 61.0 Å². The van der Waals surface area contributed by atoms with E-state index in [-0.39, 0.29) is 0 Å². The van der Waals surface area contributed by atoms with Crippen molar-refractivity contribution in [1.82, 2.24) is 4.72 Å². The van der Waals surface area contributed by atoms with Crippen molar-refractivity contribution in [3.8, 4) is 34.5 Å². The van der Waals surface area contributed by atoms with E-state index < -0.39 is 21.6 Å². The Morgan fingerprint density at radius 2 is 1.11 bits per heavy atom. The minimum Gasteiger partial charge on any atom is -0.496 e. The molecule has 0 heterocycles. The first-order valence-electron chi connectivity index (χ1n) is 10.2. The zero-order valence-corrected chi connectivity index (χ0v) is 21.2. The first kappa shape index (κ1) is 27.4. The topological polar surface area (TPSA) is 119 Å². The van der Waals surface area contributed by atoms with Crippen molar-refractivity contribution in [3.05, 3.63) is 47.7 Å². The number of benzene rings is 2. The minimum atomic E-state index is -3.98. The van der Waals surface area contributed by atoms with Gasteiger partial charge in [0.25, 0.3) is 0 Å². The molecule has 0 aliphatic carbocycles. The largest absolute Gasteiger partial charge is 0.496 e. The number of hydrogen-bond donors (Lipinski definition) is 1. The van der Waals surface area contributed by atoms with Gasteiger partial charge in [0.2, 0.25) is 10.0 Å². The van der Waals surface area contributed by atoms with E-state index in [1.807, 2.05) is 0 Å². The van der Waals surface area contributed by atoms with Crippen molar-refractivity contribution in [1.29, 1.82) is 0 Å². The van der Waals surface area contributed by atoms with Crippen molar-refractivity contribution < 1.29 is 41.6 Å². The second-order valence-electron chi connectivity index (χ2n) is 6.90. The van der Waals surface area contributed by atoms with Crippen molar-refractivity contribution in [3.63, 3.8) is 0 Å². The Morgan fingerprint density at radius 3 is 1.49 bits per heavy atom. The lowest BCUT2D eigenvalue weighted by Crippen LogP contribution is -2.25. The van der Waals surface area contributed by atoms with Gasteiger partial charge in [0.1, 0.15) is 40.2 Å². The second-order valence-corrected chi connectivity index (χ2v) is 8.65. The molecule has 0 atom stereocenters. The molecule has 1 N–H and O–H groups in total. The number of carbonyl (C=O) groups excluding carboxylic acids is 1. The zero-order chi connectivity index (χ0) is 26.0. The Hall–Kier alpha value is -3.86. The second kappa shape index (κ2) is 12.6. The molecule has 35 heavy (non-hydrogen) atoms. The summed E-state index contributed by atoms with van der Waals surface area (Å²) in [6.45, 7) is 0. The van der Waals surface area contributed by atoms with Gasteiger partial charge in [-0.15, -0.1) is 0 Å². The van der Waals surface area contributed by atoms with Gasteiger partial charge in [0, 0.05) is 30.5 Å². The molecule has 2 aromatic carbocycles. The molecule has 0 aliphatic heterocycles. The molecule has 0 amide bonds. The molecule has 11 heteroatoms. The minimum absolute atomic E-state index is 0.400. The summed E-state index contributed by atoms with van der Waals surface area (Å²) in [6.07, 6.45) is 5.22. The lowest BCUT2D eigenvalue weighted by molar-refractivity contribution is -0.112. The van der Waals surface area contributed by atoms with Gasteiger partial charge in [-0.2, -0.15) is 0 Å². The van der Waals surface area contributed by atoms with Gasteiger partial charge in [-0.25, -0.2) is 8.42 Å². The van der Waals surface area contributed by atoms with Crippen molar-refractivity contribution in [2.24, 2.45) is 0 Å². The standard InChI is InChI=1S/C24H29NO9S/c1-29-17-11-21(31-3)19(22(12-17)32-4)8-7-16(26)15-35(27,28)25-10-9-20-23(33-5)13-18(30-2)14-24(20)34-6/h7-14,25H,15H2,1-6H3/b8-7+,10-9+. The monoisotopic (exact) mass is 507 g/mol. The average Bonchev–Trinajstić information content (AvgIpc) is 2.86. The van der Waals surface area contributed by atoms with Crippen LogP contribution >= 0.6 is 0 Å². The van der Waals surface area contributed by atoms with Crippen LogP contribution in [0.15, 0.2) is 36.5 Å². The maximum atomic E-state index is 12.4. The van der Waals surface area contributed by atoms with E-state index >= 15 is 0 Å². The molecule has 0 aliphatic rings. The molecule has 10 nitrogen and oxygen atoms in total. The maximum Gasteiger partial charge on any atom is 0.239 e. The maximum absolute atomic E-state index is 12.4. The van der Waals surface area contributed by atoms with E-state index in [2.05, 4.69) is 4.72 Å². The fraction of sp³-hybridized carbons (Fsp3) is 0.292. The first-order valence-corrected chi connectivity index (χ1v) is 11.8. The fourth-order valence-corrected chi connectivity index (χ4v) is 3.90. The Morgan fingerprint density at radius 1 is 0.714 bits per heavy atom. The van der Waals surface area contributed by atoms with Crippen LogP contribution in [0.4, 0.5) is 0 Å². The van der Waals surface area contributed by atoms with Crippen LogP contribution in [0.2, 0.25) is 0 Å². The summed E-state index contributed by atoms with van der Waals surface area (Å²) in [4.78, 5) is 12.4. The van der Waals surface area contributed by atoms with Crippen LogP contribution < -0.4 is 33.1 Å². The van der Waals surface area contributed by atoms with Gasteiger partial charge in [-0.05, 0) is 18.2 Å². The highest BCUT2D eigenvalue weighted by atomic mass is 32.2. The van der Waals surface area contributed by atoms with Crippen LogP contribution in [0.1, 0.15) is 11.1 Å². The number of ketones is 1. The van der Waals surface area contributed by atoms with E-state index in [4.69, 9.17) is 28.4 Å². The van der Waals surface area contributed by atoms with Crippen LogP contribution in [0.5, 0.6) is 34.5 Å². The summed E-state index contributed by atoms with van der Waals surface area (Å²) in [5, 5.41) is 0. The number of hydrogen-bond acceptors (Lipinski definition) is 9. The normalized spacial score (nSPS) is 11.4. The Labute approximate surface area is 205 Å². The number of methoxy groups -OCH3 is 6. The SMILES string of the molecule is COc1cc(OC)c(/C=C/NS(=O)(=O)CC(=O)/C=C/c2c(OC)cc(OC)cc2OC)c(OC)c1. The summed E-state index contributed by atoms with van der Waals surface area (Å²) < 4.78 is 58.8. The van der Waals surface area contributed by atoms with Gasteiger partial charge in [-0.1, -0.05) is 0 Å². The highest BCUT2D eigenvalue weighted by Gasteiger charge is 2.16. The molecular formula is C24H29NO9S. The molecule has 0 fully saturated rings. The first-order chi connectivity index (χ1) is 16.7. The zero-order valence-electron chi connectivity index (χ0n) is 20.4. The van der Waals surface area contributed by atoms with Gasteiger partial charge < -0.3 is 28.4 Å². The smallest absolute Gasteiger partial charge is 0.239 e. The molecule has 0 spiro atoms. The lowest BCUT2D eigenvalue weighted by atomic mass is 10.1. The Bertz CT molecular complexity index is 1150. The van der Waals surface area contributed by atoms with E-state index in [0.29, 0.717) is 45.6 Å². The summed E-state index contributed by atoms with van der Waals surface area (Å²) >= 11 is 0. The summed E-state index contributed by atoms with van der Waals surface area (Å²) in [6, 6.07) is 6.51. The number of carbonyl (C=O) groups is 1. The Balaban J connectivity index is 2.16. The van der Waals surface area contributed by atoms with Crippen LogP contribution in [0, 0.1) is 0 Å². The number of nitrogens with one attached hydrogen (secondary N) is 1. The molecule has 2 rings (SSSR count). The molecule has 0 saturated carbocycles. The molecule has 0 bridgehead atoms. The predicted molar refractivity (Wildman–Crippen MR) is 132 cm³/mol. The summed E-state index contributed by atoms with van der Waals surface area (Å²) in [5.41, 5.74) is 0.955. The lowest BCUT2D eigenvalue weighted by Gasteiger charge is -2.12. The average molecular weight is 508 g/mol. The molecular weight excluding hydrogens is 478 g/mol. The quantitative estimate of drug-likeness (QED) is 0.408. The third-order valence-electron chi connectivity index (χ3n) is 4.77. The molecule has 190 valence electrons. The molecule has 2 aromatic rings. The van der Waals surface area contributed by atoms with Crippen molar-refractivity contribution >= 4 is 28.0 Å². The molecule has 0 saturated heterocycles. The van der Waals surface area contributed by atoms with Gasteiger partial charge in [0.05, 0.1) is 53.8 Å². The third kappa shape index (κ3) is 7.31. The van der Waals surface area contributed by atoms with E-state index in [0.717, 1.165) is 6.08 Å². The summed E-state index contributed by atoms with van der Waals surface area (Å²) in [7, 11) is 4.88. The fourth-order valence-electron chi connectivity index (χ4n) is 3.07. The number of rotatable bonds is 13. The summed E-state index contributed by atoms with van der Waals surface area (Å²) in [5.74, 6) is 1.23. The van der Waals surface area contributed by atoms with Crippen LogP contribution in [0.3, 0.4) is 0 Å². The van der Waals surface area contributed by atoms with Crippen molar-refractivity contribution in [2.75, 3.05) is 48.4 Å². The van der Waals surface area contributed by atoms with E-state index in [9.17, 15) is 13.2 Å². The van der Waals surface area contributed by atoms with Crippen LogP contribution in [-0.4, -0.2) is 62.6 Å².